The van der Waals surface area contributed by atoms with E-state index in [9.17, 15) is 14.4 Å². The number of esters is 1. The van der Waals surface area contributed by atoms with E-state index in [-0.39, 0.29) is 35.0 Å². The highest BCUT2D eigenvalue weighted by molar-refractivity contribution is 6.04. The zero-order valence-electron chi connectivity index (χ0n) is 22.5. The van der Waals surface area contributed by atoms with Crippen LogP contribution in [0.15, 0.2) is 60.7 Å². The Kier molecular flexibility index (Phi) is 8.20. The lowest BCUT2D eigenvalue weighted by Gasteiger charge is -2.41. The largest absolute Gasteiger partial charge is 0.465 e. The molecule has 0 radical (unpaired) electrons. The Bertz CT molecular complexity index is 1270. The fraction of sp³-hybridized carbons (Fsp3) is 0.367. The van der Waals surface area contributed by atoms with Gasteiger partial charge >= 0.3 is 5.97 Å². The van der Waals surface area contributed by atoms with Crippen molar-refractivity contribution in [3.63, 3.8) is 0 Å². The Morgan fingerprint density at radius 3 is 2.00 bits per heavy atom. The molecule has 0 bridgehead atoms. The van der Waals surface area contributed by atoms with E-state index < -0.39 is 11.9 Å². The zero-order chi connectivity index (χ0) is 27.4. The second kappa shape index (κ2) is 11.5. The molecule has 3 aromatic rings. The summed E-state index contributed by atoms with van der Waals surface area (Å²) in [5.74, 6) is -1.12. The third-order valence-electron chi connectivity index (χ3n) is 6.90. The summed E-state index contributed by atoms with van der Waals surface area (Å²) >= 11 is 0. The van der Waals surface area contributed by atoms with Crippen LogP contribution in [0, 0.1) is 6.92 Å². The van der Waals surface area contributed by atoms with Crippen LogP contribution in [0.4, 0.5) is 0 Å². The van der Waals surface area contributed by atoms with E-state index in [0.717, 1.165) is 11.1 Å². The zero-order valence-corrected chi connectivity index (χ0v) is 22.5. The van der Waals surface area contributed by atoms with E-state index in [1.807, 2.05) is 86.3 Å². The number of rotatable bonds is 6. The SMILES string of the molecule is COC(=O)c1c(C(=O)N2CCN(C(=O)C(c3ccccc3)c3ccccc3)[C@@H](C)C2)nc(C)nc1C(C)C. The summed E-state index contributed by atoms with van der Waals surface area (Å²) in [5.41, 5.74) is 2.50. The van der Waals surface area contributed by atoms with Gasteiger partial charge in [0.15, 0.2) is 0 Å². The highest BCUT2D eigenvalue weighted by atomic mass is 16.5. The monoisotopic (exact) mass is 514 g/mol. The molecule has 0 saturated carbocycles. The van der Waals surface area contributed by atoms with Crippen LogP contribution in [0.25, 0.3) is 0 Å². The number of piperazine rings is 1. The van der Waals surface area contributed by atoms with E-state index in [1.165, 1.54) is 7.11 Å². The lowest BCUT2D eigenvalue weighted by atomic mass is 9.89. The average Bonchev–Trinajstić information content (AvgIpc) is 2.92. The van der Waals surface area contributed by atoms with Crippen molar-refractivity contribution in [1.82, 2.24) is 19.8 Å². The van der Waals surface area contributed by atoms with Crippen molar-refractivity contribution >= 4 is 17.8 Å². The molecule has 1 aromatic heterocycles. The van der Waals surface area contributed by atoms with Gasteiger partial charge in [-0.15, -0.1) is 0 Å². The third-order valence-corrected chi connectivity index (χ3v) is 6.90. The number of aryl methyl sites for hydroxylation is 1. The van der Waals surface area contributed by atoms with Crippen LogP contribution in [-0.2, 0) is 9.53 Å². The van der Waals surface area contributed by atoms with Crippen molar-refractivity contribution in [3.05, 3.63) is 94.6 Å². The summed E-state index contributed by atoms with van der Waals surface area (Å²) in [7, 11) is 1.28. The van der Waals surface area contributed by atoms with Gasteiger partial charge in [0, 0.05) is 25.7 Å². The Balaban J connectivity index is 1.60. The van der Waals surface area contributed by atoms with Crippen molar-refractivity contribution in [2.45, 2.75) is 45.6 Å². The topological polar surface area (TPSA) is 92.7 Å². The van der Waals surface area contributed by atoms with Crippen molar-refractivity contribution < 1.29 is 19.1 Å². The molecule has 1 atom stereocenters. The van der Waals surface area contributed by atoms with E-state index in [4.69, 9.17) is 4.74 Å². The van der Waals surface area contributed by atoms with Gasteiger partial charge < -0.3 is 14.5 Å². The first-order valence-corrected chi connectivity index (χ1v) is 12.9. The molecule has 38 heavy (non-hydrogen) atoms. The minimum Gasteiger partial charge on any atom is -0.465 e. The molecule has 0 unspecified atom stereocenters. The molecular formula is C30H34N4O4. The number of benzene rings is 2. The molecule has 0 N–H and O–H groups in total. The minimum absolute atomic E-state index is 0.00257. The smallest absolute Gasteiger partial charge is 0.342 e. The van der Waals surface area contributed by atoms with Gasteiger partial charge in [0.1, 0.15) is 17.1 Å². The number of amides is 2. The predicted octanol–water partition coefficient (Wildman–Crippen LogP) is 4.20. The molecule has 1 saturated heterocycles. The molecule has 2 aromatic carbocycles. The van der Waals surface area contributed by atoms with Crippen LogP contribution in [0.3, 0.4) is 0 Å². The van der Waals surface area contributed by atoms with Gasteiger partial charge in [0.2, 0.25) is 5.91 Å². The molecule has 1 fully saturated rings. The normalized spacial score (nSPS) is 15.6. The van der Waals surface area contributed by atoms with Gasteiger partial charge in [0.05, 0.1) is 18.7 Å². The number of hydrogen-bond acceptors (Lipinski definition) is 6. The Morgan fingerprint density at radius 2 is 1.50 bits per heavy atom. The minimum atomic E-state index is -0.632. The number of carbonyl (C=O) groups excluding carboxylic acids is 3. The van der Waals surface area contributed by atoms with E-state index in [1.54, 1.807) is 11.8 Å². The summed E-state index contributed by atoms with van der Waals surface area (Å²) in [6, 6.07) is 19.3. The van der Waals surface area contributed by atoms with Crippen molar-refractivity contribution in [2.24, 2.45) is 0 Å². The Labute approximate surface area is 223 Å². The number of carbonyl (C=O) groups is 3. The first-order valence-electron chi connectivity index (χ1n) is 12.9. The van der Waals surface area contributed by atoms with Gasteiger partial charge in [0.25, 0.3) is 5.91 Å². The van der Waals surface area contributed by atoms with Crippen LogP contribution >= 0.6 is 0 Å². The third kappa shape index (κ3) is 5.44. The molecule has 2 heterocycles. The van der Waals surface area contributed by atoms with E-state index >= 15 is 0 Å². The maximum absolute atomic E-state index is 13.9. The summed E-state index contributed by atoms with van der Waals surface area (Å²) in [6.45, 7) is 8.48. The number of aromatic nitrogens is 2. The molecule has 0 aliphatic carbocycles. The van der Waals surface area contributed by atoms with Gasteiger partial charge in [-0.1, -0.05) is 74.5 Å². The highest BCUT2D eigenvalue weighted by Gasteiger charge is 2.37. The molecule has 8 nitrogen and oxygen atoms in total. The van der Waals surface area contributed by atoms with Crippen molar-refractivity contribution in [2.75, 3.05) is 26.7 Å². The summed E-state index contributed by atoms with van der Waals surface area (Å²) in [6.07, 6.45) is 0. The lowest BCUT2D eigenvalue weighted by Crippen LogP contribution is -2.56. The second-order valence-corrected chi connectivity index (χ2v) is 9.91. The Morgan fingerprint density at radius 1 is 0.921 bits per heavy atom. The predicted molar refractivity (Wildman–Crippen MR) is 144 cm³/mol. The quantitative estimate of drug-likeness (QED) is 0.458. The first-order chi connectivity index (χ1) is 18.2. The van der Waals surface area contributed by atoms with Gasteiger partial charge in [-0.05, 0) is 30.9 Å². The molecule has 198 valence electrons. The fourth-order valence-electron chi connectivity index (χ4n) is 5.02. The second-order valence-electron chi connectivity index (χ2n) is 9.91. The maximum Gasteiger partial charge on any atom is 0.342 e. The first kappa shape index (κ1) is 27.0. The van der Waals surface area contributed by atoms with Gasteiger partial charge in [-0.2, -0.15) is 0 Å². The fourth-order valence-corrected chi connectivity index (χ4v) is 5.02. The molecule has 8 heteroatoms. The summed E-state index contributed by atoms with van der Waals surface area (Å²) in [5, 5.41) is 0. The summed E-state index contributed by atoms with van der Waals surface area (Å²) < 4.78 is 4.98. The Hall–Kier alpha value is -4.07. The lowest BCUT2D eigenvalue weighted by molar-refractivity contribution is -0.136. The van der Waals surface area contributed by atoms with Crippen LogP contribution in [0.1, 0.15) is 76.1 Å². The maximum atomic E-state index is 13.9. The van der Waals surface area contributed by atoms with Crippen LogP contribution in [0.5, 0.6) is 0 Å². The highest BCUT2D eigenvalue weighted by Crippen LogP contribution is 2.29. The van der Waals surface area contributed by atoms with Crippen molar-refractivity contribution in [3.8, 4) is 0 Å². The standard InChI is InChI=1S/C30H34N4O4/c1-19(2)26-25(30(37)38-5)27(32-21(4)31-26)29(36)33-16-17-34(20(3)18-33)28(35)24(22-12-8-6-9-13-22)23-14-10-7-11-15-23/h6-15,19-20,24H,16-18H2,1-5H3/t20-/m0/s1. The van der Waals surface area contributed by atoms with Crippen LogP contribution in [0.2, 0.25) is 0 Å². The molecule has 0 spiro atoms. The van der Waals surface area contributed by atoms with Gasteiger partial charge in [-0.25, -0.2) is 14.8 Å². The molecule has 1 aliphatic rings. The van der Waals surface area contributed by atoms with E-state index in [2.05, 4.69) is 9.97 Å². The summed E-state index contributed by atoms with van der Waals surface area (Å²) in [4.78, 5) is 52.6. The number of methoxy groups -OCH3 is 1. The molecule has 1 aliphatic heterocycles. The van der Waals surface area contributed by atoms with E-state index in [0.29, 0.717) is 31.2 Å². The average molecular weight is 515 g/mol. The number of ether oxygens (including phenoxy) is 1. The molecular weight excluding hydrogens is 480 g/mol. The van der Waals surface area contributed by atoms with Gasteiger partial charge in [-0.3, -0.25) is 9.59 Å². The number of nitrogens with zero attached hydrogens (tertiary/aromatic N) is 4. The van der Waals surface area contributed by atoms with Crippen LogP contribution in [-0.4, -0.2) is 70.3 Å². The molecule has 2 amide bonds. The molecule has 4 rings (SSSR count). The van der Waals surface area contributed by atoms with Crippen molar-refractivity contribution in [1.29, 1.82) is 0 Å². The number of hydrogen-bond donors (Lipinski definition) is 0. The van der Waals surface area contributed by atoms with Crippen LogP contribution < -0.4 is 0 Å².